The monoisotopic (exact) mass is 403 g/mol. The third-order valence-corrected chi connectivity index (χ3v) is 5.75. The van der Waals surface area contributed by atoms with Gasteiger partial charge in [-0.15, -0.1) is 0 Å². The van der Waals surface area contributed by atoms with Crippen molar-refractivity contribution in [1.29, 1.82) is 0 Å². The summed E-state index contributed by atoms with van der Waals surface area (Å²) >= 11 is 1.58. The molecule has 0 unspecified atom stereocenters. The van der Waals surface area contributed by atoms with Crippen molar-refractivity contribution in [1.82, 2.24) is 9.88 Å². The Labute approximate surface area is 165 Å². The summed E-state index contributed by atoms with van der Waals surface area (Å²) in [6, 6.07) is 8.90. The molecule has 0 N–H and O–H groups in total. The molecule has 2 heterocycles. The van der Waals surface area contributed by atoms with Crippen molar-refractivity contribution in [3.63, 3.8) is 0 Å². The number of aromatic nitrogens is 1. The molecule has 1 amide bonds. The number of hydrogen-bond donors (Lipinski definition) is 0. The fourth-order valence-corrected chi connectivity index (χ4v) is 4.29. The highest BCUT2D eigenvalue weighted by Crippen LogP contribution is 2.34. The Kier molecular flexibility index (Phi) is 5.13. The molecule has 3 aromatic rings. The van der Waals surface area contributed by atoms with Crippen LogP contribution in [0, 0.1) is 11.6 Å². The molecule has 4 rings (SSSR count). The van der Waals surface area contributed by atoms with Crippen LogP contribution in [-0.4, -0.2) is 48.6 Å². The maximum atomic E-state index is 13.9. The summed E-state index contributed by atoms with van der Waals surface area (Å²) in [5.41, 5.74) is 0.743. The van der Waals surface area contributed by atoms with Crippen molar-refractivity contribution in [2.75, 3.05) is 37.7 Å². The van der Waals surface area contributed by atoms with E-state index in [2.05, 4.69) is 4.90 Å². The second kappa shape index (κ2) is 7.71. The predicted octanol–water partition coefficient (Wildman–Crippen LogP) is 3.94. The highest BCUT2D eigenvalue weighted by Gasteiger charge is 2.26. The van der Waals surface area contributed by atoms with E-state index in [0.717, 1.165) is 33.2 Å². The summed E-state index contributed by atoms with van der Waals surface area (Å²) in [6.07, 6.45) is 0. The van der Waals surface area contributed by atoms with Gasteiger partial charge < -0.3 is 14.5 Å². The van der Waals surface area contributed by atoms with Gasteiger partial charge in [0.1, 0.15) is 22.9 Å². The Morgan fingerprint density at radius 3 is 2.68 bits per heavy atom. The quantitative estimate of drug-likeness (QED) is 0.662. The number of thiazole rings is 1. The van der Waals surface area contributed by atoms with Crippen molar-refractivity contribution in [2.45, 2.75) is 6.92 Å². The fourth-order valence-electron chi connectivity index (χ4n) is 3.25. The van der Waals surface area contributed by atoms with Crippen LogP contribution in [0.5, 0.6) is 5.75 Å². The van der Waals surface area contributed by atoms with Crippen LogP contribution < -0.4 is 9.64 Å². The predicted molar refractivity (Wildman–Crippen MR) is 105 cm³/mol. The van der Waals surface area contributed by atoms with Crippen LogP contribution in [0.3, 0.4) is 0 Å². The zero-order valence-electron chi connectivity index (χ0n) is 15.3. The zero-order chi connectivity index (χ0) is 19.7. The summed E-state index contributed by atoms with van der Waals surface area (Å²) in [6.45, 7) is 4.60. The van der Waals surface area contributed by atoms with Crippen LogP contribution in [-0.2, 0) is 0 Å². The smallest absolute Gasteiger partial charge is 0.256 e. The van der Waals surface area contributed by atoms with Gasteiger partial charge in [0.15, 0.2) is 5.13 Å². The largest absolute Gasteiger partial charge is 0.492 e. The lowest BCUT2D eigenvalue weighted by molar-refractivity contribution is 0.0742. The molecular weight excluding hydrogens is 384 g/mol. The fraction of sp³-hybridized carbons (Fsp3) is 0.300. The highest BCUT2D eigenvalue weighted by molar-refractivity contribution is 7.22. The first-order chi connectivity index (χ1) is 13.6. The number of carbonyl (C=O) groups excluding carboxylic acids is 1. The molecule has 1 saturated heterocycles. The summed E-state index contributed by atoms with van der Waals surface area (Å²) in [5, 5.41) is 0.877. The Hall–Kier alpha value is -2.74. The summed E-state index contributed by atoms with van der Waals surface area (Å²) in [4.78, 5) is 21.0. The number of carbonyl (C=O) groups is 1. The number of rotatable bonds is 4. The van der Waals surface area contributed by atoms with E-state index < -0.39 is 17.5 Å². The van der Waals surface area contributed by atoms with Crippen LogP contribution in [0.4, 0.5) is 13.9 Å². The van der Waals surface area contributed by atoms with Crippen LogP contribution >= 0.6 is 11.3 Å². The Balaban J connectivity index is 1.47. The van der Waals surface area contributed by atoms with Crippen LogP contribution in [0.1, 0.15) is 17.3 Å². The molecule has 2 aromatic carbocycles. The second-order valence-corrected chi connectivity index (χ2v) is 7.44. The number of ether oxygens (including phenoxy) is 1. The number of anilines is 1. The molecule has 1 fully saturated rings. The van der Waals surface area contributed by atoms with Gasteiger partial charge in [-0.1, -0.05) is 17.4 Å². The van der Waals surface area contributed by atoms with Gasteiger partial charge in [0.25, 0.3) is 5.91 Å². The van der Waals surface area contributed by atoms with Crippen LogP contribution in [0.2, 0.25) is 0 Å². The van der Waals surface area contributed by atoms with Gasteiger partial charge in [0.05, 0.1) is 16.9 Å². The van der Waals surface area contributed by atoms with Crippen LogP contribution in [0.15, 0.2) is 36.4 Å². The number of nitrogens with zero attached hydrogens (tertiary/aromatic N) is 3. The van der Waals surface area contributed by atoms with Crippen molar-refractivity contribution in [3.05, 3.63) is 53.6 Å². The summed E-state index contributed by atoms with van der Waals surface area (Å²) in [7, 11) is 0. The van der Waals surface area contributed by atoms with Gasteiger partial charge in [-0.25, -0.2) is 13.8 Å². The number of hydrogen-bond acceptors (Lipinski definition) is 5. The number of amides is 1. The molecule has 146 valence electrons. The maximum Gasteiger partial charge on any atom is 0.256 e. The van der Waals surface area contributed by atoms with Crippen molar-refractivity contribution in [3.8, 4) is 5.75 Å². The van der Waals surface area contributed by atoms with E-state index >= 15 is 0 Å². The number of fused-ring (bicyclic) bond motifs is 1. The number of benzene rings is 2. The van der Waals surface area contributed by atoms with Crippen molar-refractivity contribution >= 4 is 32.6 Å². The minimum Gasteiger partial charge on any atom is -0.492 e. The Morgan fingerprint density at radius 2 is 1.96 bits per heavy atom. The molecule has 1 aliphatic rings. The third kappa shape index (κ3) is 3.52. The number of para-hydroxylation sites is 1. The molecule has 28 heavy (non-hydrogen) atoms. The SMILES string of the molecule is CCOc1cccc2sc(N3CCN(C(=O)c4ccc(F)cc4F)CC3)nc12. The second-order valence-electron chi connectivity index (χ2n) is 6.44. The average molecular weight is 403 g/mol. The molecular formula is C20H19F2N3O2S. The lowest BCUT2D eigenvalue weighted by atomic mass is 10.1. The molecule has 8 heteroatoms. The van der Waals surface area contributed by atoms with Gasteiger partial charge in [-0.3, -0.25) is 4.79 Å². The minimum atomic E-state index is -0.831. The number of halogens is 2. The average Bonchev–Trinajstić information content (AvgIpc) is 3.13. The van der Waals surface area contributed by atoms with E-state index in [1.54, 1.807) is 16.2 Å². The molecule has 0 saturated carbocycles. The lowest BCUT2D eigenvalue weighted by Crippen LogP contribution is -2.49. The standard InChI is InChI=1S/C20H19F2N3O2S/c1-2-27-16-4-3-5-17-18(16)23-20(28-17)25-10-8-24(9-11-25)19(26)14-7-6-13(21)12-15(14)22/h3-7,12H,2,8-11H2,1H3. The van der Waals surface area contributed by atoms with Gasteiger partial charge in [-0.2, -0.15) is 0 Å². The van der Waals surface area contributed by atoms with Gasteiger partial charge in [0.2, 0.25) is 0 Å². The third-order valence-electron chi connectivity index (χ3n) is 4.67. The van der Waals surface area contributed by atoms with E-state index in [9.17, 15) is 13.6 Å². The zero-order valence-corrected chi connectivity index (χ0v) is 16.1. The maximum absolute atomic E-state index is 13.9. The molecule has 1 aliphatic heterocycles. The van der Waals surface area contributed by atoms with E-state index in [0.29, 0.717) is 32.8 Å². The van der Waals surface area contributed by atoms with E-state index in [4.69, 9.17) is 9.72 Å². The number of piperazine rings is 1. The normalized spacial score (nSPS) is 14.5. The van der Waals surface area contributed by atoms with Gasteiger partial charge in [-0.05, 0) is 31.2 Å². The molecule has 5 nitrogen and oxygen atoms in total. The molecule has 1 aromatic heterocycles. The van der Waals surface area contributed by atoms with Crippen molar-refractivity contribution < 1.29 is 18.3 Å². The summed E-state index contributed by atoms with van der Waals surface area (Å²) in [5.74, 6) is -1.17. The van der Waals surface area contributed by atoms with Crippen LogP contribution in [0.25, 0.3) is 10.2 Å². The minimum absolute atomic E-state index is 0.101. The van der Waals surface area contributed by atoms with Crippen molar-refractivity contribution in [2.24, 2.45) is 0 Å². The van der Waals surface area contributed by atoms with Gasteiger partial charge >= 0.3 is 0 Å². The van der Waals surface area contributed by atoms with E-state index in [-0.39, 0.29) is 5.56 Å². The molecule has 0 radical (unpaired) electrons. The topological polar surface area (TPSA) is 45.7 Å². The molecule has 0 atom stereocenters. The summed E-state index contributed by atoms with van der Waals surface area (Å²) < 4.78 is 33.7. The lowest BCUT2D eigenvalue weighted by Gasteiger charge is -2.34. The van der Waals surface area contributed by atoms with E-state index in [1.807, 2.05) is 25.1 Å². The first kappa shape index (κ1) is 18.6. The Bertz CT molecular complexity index is 1020. The highest BCUT2D eigenvalue weighted by atomic mass is 32.1. The molecule has 0 spiro atoms. The first-order valence-electron chi connectivity index (χ1n) is 9.08. The molecule has 0 bridgehead atoms. The Morgan fingerprint density at radius 1 is 1.18 bits per heavy atom. The first-order valence-corrected chi connectivity index (χ1v) is 9.90. The van der Waals surface area contributed by atoms with E-state index in [1.165, 1.54) is 6.07 Å². The van der Waals surface area contributed by atoms with Gasteiger partial charge in [0, 0.05) is 32.2 Å². The molecule has 0 aliphatic carbocycles.